The Morgan fingerprint density at radius 1 is 1.56 bits per heavy atom. The van der Waals surface area contributed by atoms with Crippen molar-refractivity contribution in [1.29, 1.82) is 0 Å². The molecule has 5 heteroatoms. The molecule has 0 fully saturated rings. The van der Waals surface area contributed by atoms with Crippen molar-refractivity contribution in [3.8, 4) is 5.75 Å². The smallest absolute Gasteiger partial charge is 0.305 e. The fourth-order valence-electron chi connectivity index (χ4n) is 1.46. The van der Waals surface area contributed by atoms with Gasteiger partial charge in [0.15, 0.2) is 0 Å². The summed E-state index contributed by atoms with van der Waals surface area (Å²) < 4.78 is 0. The minimum atomic E-state index is -1.01. The second-order valence-corrected chi connectivity index (χ2v) is 3.98. The van der Waals surface area contributed by atoms with E-state index in [1.54, 1.807) is 12.1 Å². The highest BCUT2D eigenvalue weighted by Gasteiger charge is 2.17. The van der Waals surface area contributed by atoms with Gasteiger partial charge >= 0.3 is 5.97 Å². The lowest BCUT2D eigenvalue weighted by molar-refractivity contribution is -0.137. The Kier molecular flexibility index (Phi) is 4.15. The molecule has 1 aromatic carbocycles. The molecule has 0 radical (unpaired) electrons. The van der Waals surface area contributed by atoms with Crippen molar-refractivity contribution in [2.45, 2.75) is 25.8 Å². The Morgan fingerprint density at radius 3 is 2.69 bits per heavy atom. The van der Waals surface area contributed by atoms with Gasteiger partial charge in [-0.2, -0.15) is 0 Å². The molecule has 4 nitrogen and oxygen atoms in total. The monoisotopic (exact) mass is 243 g/mol. The third kappa shape index (κ3) is 2.87. The van der Waals surface area contributed by atoms with Gasteiger partial charge in [-0.3, -0.25) is 4.79 Å². The zero-order valence-corrected chi connectivity index (χ0v) is 9.66. The van der Waals surface area contributed by atoms with E-state index in [0.29, 0.717) is 5.56 Å². The van der Waals surface area contributed by atoms with Crippen LogP contribution in [0, 0.1) is 0 Å². The summed E-state index contributed by atoms with van der Waals surface area (Å²) in [6.07, 6.45) is 0.504. The second-order valence-electron chi connectivity index (χ2n) is 3.57. The Hall–Kier alpha value is -1.26. The van der Waals surface area contributed by atoms with Crippen molar-refractivity contribution in [1.82, 2.24) is 0 Å². The summed E-state index contributed by atoms with van der Waals surface area (Å²) in [5, 5.41) is 18.5. The molecular formula is C11H14ClNO3. The predicted octanol–water partition coefficient (Wildman–Crippen LogP) is 2.08. The van der Waals surface area contributed by atoms with Crippen molar-refractivity contribution in [3.05, 3.63) is 28.3 Å². The number of carboxylic acids is 1. The average molecular weight is 244 g/mol. The highest BCUT2D eigenvalue weighted by molar-refractivity contribution is 6.32. The SMILES string of the molecule is CCc1cc(Cl)c(O)c(C(N)CC(=O)O)c1. The molecule has 16 heavy (non-hydrogen) atoms. The number of aliphatic carboxylic acids is 1. The van der Waals surface area contributed by atoms with Crippen LogP contribution in [0.1, 0.15) is 30.5 Å². The minimum absolute atomic E-state index is 0.132. The van der Waals surface area contributed by atoms with Gasteiger partial charge in [-0.25, -0.2) is 0 Å². The number of carbonyl (C=O) groups is 1. The molecule has 0 aliphatic carbocycles. The number of phenols is 1. The number of rotatable bonds is 4. The first-order valence-electron chi connectivity index (χ1n) is 4.94. The first-order chi connectivity index (χ1) is 7.45. The molecule has 0 aliphatic rings. The Labute approximate surface area is 98.6 Å². The summed E-state index contributed by atoms with van der Waals surface area (Å²) >= 11 is 5.83. The molecule has 0 spiro atoms. The van der Waals surface area contributed by atoms with Gasteiger partial charge in [0.25, 0.3) is 0 Å². The third-order valence-electron chi connectivity index (χ3n) is 2.35. The predicted molar refractivity (Wildman–Crippen MR) is 61.7 cm³/mol. The molecule has 0 bridgehead atoms. The second kappa shape index (κ2) is 5.18. The Balaban J connectivity index is 3.10. The Morgan fingerprint density at radius 2 is 2.19 bits per heavy atom. The third-order valence-corrected chi connectivity index (χ3v) is 2.64. The average Bonchev–Trinajstić information content (AvgIpc) is 2.20. The summed E-state index contributed by atoms with van der Waals surface area (Å²) in [6, 6.07) is 2.59. The van der Waals surface area contributed by atoms with Gasteiger partial charge < -0.3 is 15.9 Å². The number of benzene rings is 1. The number of hydrogen-bond donors (Lipinski definition) is 3. The highest BCUT2D eigenvalue weighted by atomic mass is 35.5. The molecule has 1 aromatic rings. The van der Waals surface area contributed by atoms with Crippen LogP contribution < -0.4 is 5.73 Å². The molecule has 4 N–H and O–H groups in total. The van der Waals surface area contributed by atoms with Crippen molar-refractivity contribution >= 4 is 17.6 Å². The summed E-state index contributed by atoms with van der Waals surface area (Å²) in [4.78, 5) is 10.5. The lowest BCUT2D eigenvalue weighted by Gasteiger charge is -2.14. The number of carboxylic acid groups (broad SMARTS) is 1. The van der Waals surface area contributed by atoms with Crippen molar-refractivity contribution in [2.75, 3.05) is 0 Å². The van der Waals surface area contributed by atoms with Crippen LogP contribution in [0.15, 0.2) is 12.1 Å². The van der Waals surface area contributed by atoms with Crippen LogP contribution in [0.2, 0.25) is 5.02 Å². The molecule has 1 atom stereocenters. The van der Waals surface area contributed by atoms with Crippen LogP contribution in [0.4, 0.5) is 0 Å². The summed E-state index contributed by atoms with van der Waals surface area (Å²) in [5.74, 6) is -1.14. The largest absolute Gasteiger partial charge is 0.506 e. The highest BCUT2D eigenvalue weighted by Crippen LogP contribution is 2.33. The van der Waals surface area contributed by atoms with Gasteiger partial charge in [0.1, 0.15) is 5.75 Å². The number of phenolic OH excluding ortho intramolecular Hbond substituents is 1. The molecule has 1 rings (SSSR count). The van der Waals surface area contributed by atoms with Gasteiger partial charge in [0.2, 0.25) is 0 Å². The maximum Gasteiger partial charge on any atom is 0.305 e. The zero-order chi connectivity index (χ0) is 12.3. The van der Waals surface area contributed by atoms with E-state index in [1.807, 2.05) is 6.92 Å². The summed E-state index contributed by atoms with van der Waals surface area (Å²) in [5.41, 5.74) is 6.99. The number of hydrogen-bond acceptors (Lipinski definition) is 3. The molecule has 0 amide bonds. The molecule has 1 unspecified atom stereocenters. The van der Waals surface area contributed by atoms with E-state index >= 15 is 0 Å². The molecule has 88 valence electrons. The normalized spacial score (nSPS) is 12.4. The first-order valence-corrected chi connectivity index (χ1v) is 5.32. The summed E-state index contributed by atoms with van der Waals surface area (Å²) in [7, 11) is 0. The molecule has 0 heterocycles. The molecular weight excluding hydrogens is 230 g/mol. The van der Waals surface area contributed by atoms with Crippen molar-refractivity contribution < 1.29 is 15.0 Å². The van der Waals surface area contributed by atoms with Gasteiger partial charge in [0, 0.05) is 11.6 Å². The van der Waals surface area contributed by atoms with E-state index in [2.05, 4.69) is 0 Å². The topological polar surface area (TPSA) is 83.5 Å². The first kappa shape index (κ1) is 12.8. The van der Waals surface area contributed by atoms with E-state index < -0.39 is 12.0 Å². The van der Waals surface area contributed by atoms with Crippen molar-refractivity contribution in [2.24, 2.45) is 5.73 Å². The minimum Gasteiger partial charge on any atom is -0.506 e. The van der Waals surface area contributed by atoms with Crippen LogP contribution in [-0.2, 0) is 11.2 Å². The van der Waals surface area contributed by atoms with Gasteiger partial charge in [-0.05, 0) is 18.1 Å². The quantitative estimate of drug-likeness (QED) is 0.756. The van der Waals surface area contributed by atoms with Crippen molar-refractivity contribution in [3.63, 3.8) is 0 Å². The van der Waals surface area contributed by atoms with Crippen LogP contribution in [0.5, 0.6) is 5.75 Å². The van der Waals surface area contributed by atoms with E-state index in [1.165, 1.54) is 0 Å². The van der Waals surface area contributed by atoms with E-state index in [-0.39, 0.29) is 17.2 Å². The molecule has 0 aliphatic heterocycles. The molecule has 0 aromatic heterocycles. The number of aromatic hydroxyl groups is 1. The maximum atomic E-state index is 10.5. The number of nitrogens with two attached hydrogens (primary N) is 1. The fourth-order valence-corrected chi connectivity index (χ4v) is 1.71. The van der Waals surface area contributed by atoms with Crippen LogP contribution in [0.25, 0.3) is 0 Å². The van der Waals surface area contributed by atoms with Gasteiger partial charge in [0.05, 0.1) is 11.4 Å². The van der Waals surface area contributed by atoms with Crippen LogP contribution in [-0.4, -0.2) is 16.2 Å². The lowest BCUT2D eigenvalue weighted by Crippen LogP contribution is -2.15. The fraction of sp³-hybridized carbons (Fsp3) is 0.364. The summed E-state index contributed by atoms with van der Waals surface area (Å²) in [6.45, 7) is 1.94. The van der Waals surface area contributed by atoms with E-state index in [9.17, 15) is 9.90 Å². The van der Waals surface area contributed by atoms with E-state index in [0.717, 1.165) is 12.0 Å². The zero-order valence-electron chi connectivity index (χ0n) is 8.90. The van der Waals surface area contributed by atoms with Crippen LogP contribution >= 0.6 is 11.6 Å². The lowest BCUT2D eigenvalue weighted by atomic mass is 10.00. The van der Waals surface area contributed by atoms with Gasteiger partial charge in [-0.15, -0.1) is 0 Å². The number of aryl methyl sites for hydroxylation is 1. The van der Waals surface area contributed by atoms with Crippen LogP contribution in [0.3, 0.4) is 0 Å². The Bertz CT molecular complexity index is 406. The standard InChI is InChI=1S/C11H14ClNO3/c1-2-6-3-7(9(13)5-10(14)15)11(16)8(12)4-6/h3-4,9,16H,2,5,13H2,1H3,(H,14,15). The van der Waals surface area contributed by atoms with Gasteiger partial charge in [-0.1, -0.05) is 24.6 Å². The maximum absolute atomic E-state index is 10.5. The molecule has 0 saturated carbocycles. The number of halogens is 1. The molecule has 0 saturated heterocycles. The van der Waals surface area contributed by atoms with E-state index in [4.69, 9.17) is 22.4 Å².